The molecule has 2 atom stereocenters. The fraction of sp³-hybridized carbons (Fsp3) is 0.556. The second-order valence-electron chi connectivity index (χ2n) is 9.69. The maximum atomic E-state index is 15.7. The minimum atomic E-state index is -1.29. The van der Waals surface area contributed by atoms with Gasteiger partial charge in [0, 0.05) is 44.9 Å². The van der Waals surface area contributed by atoms with Gasteiger partial charge in [0.2, 0.25) is 0 Å². The molecular formula is C27H36FN3O4. The molecule has 0 saturated carbocycles. The number of likely N-dealkylation sites (tertiary alicyclic amines) is 1. The van der Waals surface area contributed by atoms with Crippen LogP contribution in [0.1, 0.15) is 48.4 Å². The zero-order valence-electron chi connectivity index (χ0n) is 20.5. The highest BCUT2D eigenvalue weighted by Crippen LogP contribution is 2.33. The van der Waals surface area contributed by atoms with Gasteiger partial charge in [-0.3, -0.25) is 9.69 Å². The Labute approximate surface area is 206 Å². The predicted octanol–water partition coefficient (Wildman–Crippen LogP) is 4.07. The summed E-state index contributed by atoms with van der Waals surface area (Å²) >= 11 is 0. The number of carbonyl (C=O) groups is 1. The number of hydrogen-bond acceptors (Lipinski definition) is 6. The number of fused-ring (bicyclic) bond motifs is 1. The lowest BCUT2D eigenvalue weighted by atomic mass is 9.94. The number of benzene rings is 1. The summed E-state index contributed by atoms with van der Waals surface area (Å²) in [5, 5.41) is 12.8. The largest absolute Gasteiger partial charge is 0.491 e. The van der Waals surface area contributed by atoms with E-state index in [0.717, 1.165) is 36.5 Å². The summed E-state index contributed by atoms with van der Waals surface area (Å²) in [6.45, 7) is 3.28. The molecule has 2 N–H and O–H groups in total. The lowest BCUT2D eigenvalue weighted by Gasteiger charge is -2.25. The fourth-order valence-electron chi connectivity index (χ4n) is 5.05. The molecule has 1 aromatic carbocycles. The molecule has 1 aromatic heterocycles. The summed E-state index contributed by atoms with van der Waals surface area (Å²) in [7, 11) is 1.62. The van der Waals surface area contributed by atoms with Crippen molar-refractivity contribution in [3.63, 3.8) is 0 Å². The summed E-state index contributed by atoms with van der Waals surface area (Å²) < 4.78 is 26.4. The highest BCUT2D eigenvalue weighted by Gasteiger charge is 2.39. The van der Waals surface area contributed by atoms with Crippen molar-refractivity contribution in [3.05, 3.63) is 53.2 Å². The Morgan fingerprint density at radius 1 is 1.31 bits per heavy atom. The van der Waals surface area contributed by atoms with E-state index in [9.17, 15) is 9.90 Å². The lowest BCUT2D eigenvalue weighted by Crippen LogP contribution is -2.32. The molecule has 190 valence electrons. The Kier molecular flexibility index (Phi) is 8.57. The first-order chi connectivity index (χ1) is 16.9. The van der Waals surface area contributed by atoms with Gasteiger partial charge in [-0.15, -0.1) is 0 Å². The first-order valence-electron chi connectivity index (χ1n) is 12.5. The molecule has 0 amide bonds. The SMILES string of the molecule is COCCOc1cccc(C(CC(=O)O)CN2CC[C@](F)(CCc3ccc4c(n3)NCCC4)C2)c1. The number of nitrogens with zero attached hydrogens (tertiary/aromatic N) is 2. The molecule has 0 radical (unpaired) electrons. The first kappa shape index (κ1) is 25.4. The summed E-state index contributed by atoms with van der Waals surface area (Å²) in [6.07, 6.45) is 3.61. The second-order valence-corrected chi connectivity index (χ2v) is 9.69. The van der Waals surface area contributed by atoms with Crippen LogP contribution in [0.25, 0.3) is 0 Å². The van der Waals surface area contributed by atoms with Crippen LogP contribution in [-0.4, -0.2) is 73.1 Å². The average molecular weight is 486 g/mol. The third kappa shape index (κ3) is 7.15. The van der Waals surface area contributed by atoms with Crippen LogP contribution < -0.4 is 10.1 Å². The second kappa shape index (κ2) is 11.8. The van der Waals surface area contributed by atoms with Crippen LogP contribution in [0.3, 0.4) is 0 Å². The molecule has 1 saturated heterocycles. The van der Waals surface area contributed by atoms with Crippen molar-refractivity contribution < 1.29 is 23.8 Å². The molecule has 3 heterocycles. The molecule has 2 aliphatic rings. The smallest absolute Gasteiger partial charge is 0.304 e. The van der Waals surface area contributed by atoms with E-state index in [1.54, 1.807) is 7.11 Å². The number of pyridine rings is 1. The van der Waals surface area contributed by atoms with Crippen molar-refractivity contribution in [1.82, 2.24) is 9.88 Å². The van der Waals surface area contributed by atoms with Gasteiger partial charge in [-0.2, -0.15) is 0 Å². The molecule has 0 aliphatic carbocycles. The first-order valence-corrected chi connectivity index (χ1v) is 12.5. The van der Waals surface area contributed by atoms with Crippen LogP contribution in [-0.2, 0) is 22.4 Å². The summed E-state index contributed by atoms with van der Waals surface area (Å²) in [5.74, 6) is 0.524. The van der Waals surface area contributed by atoms with Crippen LogP contribution in [0.15, 0.2) is 36.4 Å². The number of aryl methyl sites for hydroxylation is 2. The summed E-state index contributed by atoms with van der Waals surface area (Å²) in [5.41, 5.74) is 1.76. The zero-order valence-corrected chi connectivity index (χ0v) is 20.5. The zero-order chi connectivity index (χ0) is 24.7. The van der Waals surface area contributed by atoms with Crippen LogP contribution in [0, 0.1) is 0 Å². The Balaban J connectivity index is 1.35. The van der Waals surface area contributed by atoms with Gasteiger partial charge >= 0.3 is 5.97 Å². The number of hydrogen-bond donors (Lipinski definition) is 2. The highest BCUT2D eigenvalue weighted by molar-refractivity contribution is 5.68. The number of methoxy groups -OCH3 is 1. The van der Waals surface area contributed by atoms with Gasteiger partial charge in [0.15, 0.2) is 0 Å². The van der Waals surface area contributed by atoms with Gasteiger partial charge in [-0.1, -0.05) is 18.2 Å². The highest BCUT2D eigenvalue weighted by atomic mass is 19.1. The normalized spacial score (nSPS) is 20.7. The van der Waals surface area contributed by atoms with Crippen molar-refractivity contribution >= 4 is 11.8 Å². The van der Waals surface area contributed by atoms with E-state index < -0.39 is 11.6 Å². The Hall–Kier alpha value is -2.71. The van der Waals surface area contributed by atoms with E-state index in [0.29, 0.717) is 57.9 Å². The van der Waals surface area contributed by atoms with Crippen molar-refractivity contribution in [1.29, 1.82) is 0 Å². The third-order valence-corrected chi connectivity index (χ3v) is 6.95. The van der Waals surface area contributed by atoms with Gasteiger partial charge < -0.3 is 19.9 Å². The Bertz CT molecular complexity index is 1000. The van der Waals surface area contributed by atoms with Crippen LogP contribution >= 0.6 is 0 Å². The lowest BCUT2D eigenvalue weighted by molar-refractivity contribution is -0.137. The van der Waals surface area contributed by atoms with E-state index in [-0.39, 0.29) is 12.3 Å². The number of carboxylic acid groups (broad SMARTS) is 1. The van der Waals surface area contributed by atoms with Crippen molar-refractivity contribution in [3.8, 4) is 5.75 Å². The minimum Gasteiger partial charge on any atom is -0.491 e. The van der Waals surface area contributed by atoms with Crippen molar-refractivity contribution in [2.24, 2.45) is 0 Å². The molecule has 1 unspecified atom stereocenters. The standard InChI is InChI=1S/C27H36FN3O4/c1-34-14-15-35-24-6-2-4-21(16-24)22(17-25(32)33)18-31-13-11-27(28,19-31)10-9-23-8-7-20-5-3-12-29-26(20)30-23/h2,4,6-8,16,22H,3,5,9-15,17-19H2,1H3,(H,29,30)(H,32,33)/t22?,27-/m1/s1. The molecule has 0 spiro atoms. The van der Waals surface area contributed by atoms with Crippen LogP contribution in [0.2, 0.25) is 0 Å². The summed E-state index contributed by atoms with van der Waals surface area (Å²) in [6, 6.07) is 11.7. The number of nitrogens with one attached hydrogen (secondary N) is 1. The molecule has 0 bridgehead atoms. The fourth-order valence-corrected chi connectivity index (χ4v) is 5.05. The quantitative estimate of drug-likeness (QED) is 0.439. The number of rotatable bonds is 12. The predicted molar refractivity (Wildman–Crippen MR) is 133 cm³/mol. The monoisotopic (exact) mass is 485 g/mol. The molecule has 8 heteroatoms. The maximum absolute atomic E-state index is 15.7. The molecule has 7 nitrogen and oxygen atoms in total. The Morgan fingerprint density at radius 3 is 3.03 bits per heavy atom. The van der Waals surface area contributed by atoms with Crippen molar-refractivity contribution in [2.45, 2.75) is 50.1 Å². The molecular weight excluding hydrogens is 449 g/mol. The maximum Gasteiger partial charge on any atom is 0.304 e. The summed E-state index contributed by atoms with van der Waals surface area (Å²) in [4.78, 5) is 18.4. The molecule has 2 aliphatic heterocycles. The number of ether oxygens (including phenoxy) is 2. The van der Waals surface area contributed by atoms with Gasteiger partial charge in [-0.25, -0.2) is 9.37 Å². The molecule has 4 rings (SSSR count). The topological polar surface area (TPSA) is 83.9 Å². The van der Waals surface area contributed by atoms with Gasteiger partial charge in [0.25, 0.3) is 0 Å². The average Bonchev–Trinajstić information content (AvgIpc) is 3.23. The van der Waals surface area contributed by atoms with Crippen LogP contribution in [0.5, 0.6) is 5.75 Å². The molecule has 1 fully saturated rings. The molecule has 35 heavy (non-hydrogen) atoms. The van der Waals surface area contributed by atoms with E-state index in [4.69, 9.17) is 14.5 Å². The minimum absolute atomic E-state index is 0.0106. The number of aliphatic carboxylic acids is 1. The molecule has 2 aromatic rings. The van der Waals surface area contributed by atoms with Gasteiger partial charge in [0.1, 0.15) is 23.8 Å². The van der Waals surface area contributed by atoms with E-state index in [1.165, 1.54) is 5.56 Å². The van der Waals surface area contributed by atoms with Gasteiger partial charge in [0.05, 0.1) is 13.0 Å². The number of alkyl halides is 1. The van der Waals surface area contributed by atoms with E-state index in [2.05, 4.69) is 16.3 Å². The van der Waals surface area contributed by atoms with E-state index >= 15 is 4.39 Å². The number of carboxylic acids is 1. The number of anilines is 1. The van der Waals surface area contributed by atoms with E-state index in [1.807, 2.05) is 30.3 Å². The van der Waals surface area contributed by atoms with Gasteiger partial charge in [-0.05, 0) is 61.4 Å². The number of halogens is 1. The Morgan fingerprint density at radius 2 is 2.20 bits per heavy atom. The number of aromatic nitrogens is 1. The van der Waals surface area contributed by atoms with Crippen molar-refractivity contribution in [2.75, 3.05) is 51.8 Å². The van der Waals surface area contributed by atoms with Crippen LogP contribution in [0.4, 0.5) is 10.2 Å². The third-order valence-electron chi connectivity index (χ3n) is 6.95.